The maximum atomic E-state index is 10.4. The van der Waals surface area contributed by atoms with Crippen LogP contribution in [-0.4, -0.2) is 79.3 Å². The van der Waals surface area contributed by atoms with E-state index in [0.29, 0.717) is 6.54 Å². The Hall–Kier alpha value is -1.46. The normalized spacial score (nSPS) is 18.3. The highest BCUT2D eigenvalue weighted by atomic mass is 16.3. The molecule has 1 saturated heterocycles. The Bertz CT molecular complexity index is 647. The number of likely N-dealkylation sites (N-methyl/N-ethyl adjacent to an activating group) is 2. The first-order chi connectivity index (χ1) is 11.6. The smallest absolute Gasteiger partial charge is 0.0793 e. The third-order valence-electron chi connectivity index (χ3n) is 4.91. The van der Waals surface area contributed by atoms with Crippen molar-refractivity contribution in [2.45, 2.75) is 12.6 Å². The van der Waals surface area contributed by atoms with Gasteiger partial charge in [-0.25, -0.2) is 0 Å². The predicted octanol–water partition coefficient (Wildman–Crippen LogP) is 1.88. The molecule has 1 N–H and O–H groups in total. The number of benzene rings is 2. The molecule has 130 valence electrons. The highest BCUT2D eigenvalue weighted by Gasteiger charge is 2.18. The first kappa shape index (κ1) is 17.4. The average molecular weight is 327 g/mol. The number of fused-ring (bicyclic) bond motifs is 1. The van der Waals surface area contributed by atoms with Crippen molar-refractivity contribution in [2.24, 2.45) is 0 Å². The topological polar surface area (TPSA) is 30.0 Å². The largest absolute Gasteiger partial charge is 0.390 e. The molecule has 0 aromatic heterocycles. The predicted molar refractivity (Wildman–Crippen MR) is 100 cm³/mol. The highest BCUT2D eigenvalue weighted by molar-refractivity contribution is 5.85. The van der Waals surface area contributed by atoms with Gasteiger partial charge in [-0.05, 0) is 30.4 Å². The molecule has 2 aromatic rings. The Kier molecular flexibility index (Phi) is 5.85. The van der Waals surface area contributed by atoms with Crippen LogP contribution in [0, 0.1) is 0 Å². The molecule has 0 aliphatic carbocycles. The van der Waals surface area contributed by atoms with Crippen LogP contribution in [0.2, 0.25) is 0 Å². The van der Waals surface area contributed by atoms with Crippen molar-refractivity contribution in [2.75, 3.05) is 53.4 Å². The van der Waals surface area contributed by atoms with Crippen LogP contribution < -0.4 is 0 Å². The van der Waals surface area contributed by atoms with E-state index in [2.05, 4.69) is 71.3 Å². The summed E-state index contributed by atoms with van der Waals surface area (Å²) in [6.45, 7) is 6.64. The van der Waals surface area contributed by atoms with Crippen LogP contribution in [0.4, 0.5) is 0 Å². The van der Waals surface area contributed by atoms with Gasteiger partial charge in [-0.2, -0.15) is 0 Å². The maximum absolute atomic E-state index is 10.4. The van der Waals surface area contributed by atoms with Gasteiger partial charge in [0.2, 0.25) is 0 Å². The molecule has 1 unspecified atom stereocenters. The van der Waals surface area contributed by atoms with Gasteiger partial charge < -0.3 is 10.0 Å². The molecule has 0 bridgehead atoms. The summed E-state index contributed by atoms with van der Waals surface area (Å²) >= 11 is 0. The van der Waals surface area contributed by atoms with Crippen molar-refractivity contribution in [3.8, 4) is 0 Å². The fraction of sp³-hybridized carbons (Fsp3) is 0.500. The molecule has 1 atom stereocenters. The molecule has 2 aromatic carbocycles. The SMILES string of the molecule is CN1CCN(CC(O)CN(C)Cc2cccc3ccccc23)CC1. The molecular weight excluding hydrogens is 298 g/mol. The van der Waals surface area contributed by atoms with Gasteiger partial charge in [0.15, 0.2) is 0 Å². The number of hydrogen-bond acceptors (Lipinski definition) is 4. The Balaban J connectivity index is 1.54. The van der Waals surface area contributed by atoms with Gasteiger partial charge in [0, 0.05) is 45.8 Å². The van der Waals surface area contributed by atoms with Crippen LogP contribution in [0.3, 0.4) is 0 Å². The molecule has 24 heavy (non-hydrogen) atoms. The zero-order valence-electron chi connectivity index (χ0n) is 14.9. The molecule has 1 fully saturated rings. The van der Waals surface area contributed by atoms with Crippen LogP contribution in [-0.2, 0) is 6.54 Å². The van der Waals surface area contributed by atoms with Gasteiger partial charge in [0.1, 0.15) is 0 Å². The van der Waals surface area contributed by atoms with Gasteiger partial charge in [0.25, 0.3) is 0 Å². The van der Waals surface area contributed by atoms with Crippen molar-refractivity contribution < 1.29 is 5.11 Å². The summed E-state index contributed by atoms with van der Waals surface area (Å²) in [5, 5.41) is 13.0. The van der Waals surface area contributed by atoms with E-state index in [-0.39, 0.29) is 6.10 Å². The molecular formula is C20H29N3O. The van der Waals surface area contributed by atoms with E-state index in [1.807, 2.05) is 0 Å². The number of rotatable bonds is 6. The lowest BCUT2D eigenvalue weighted by molar-refractivity contribution is 0.0594. The summed E-state index contributed by atoms with van der Waals surface area (Å²) in [6.07, 6.45) is -0.298. The molecule has 1 aliphatic heterocycles. The number of hydrogen-bond donors (Lipinski definition) is 1. The Morgan fingerprint density at radius 2 is 1.75 bits per heavy atom. The molecule has 4 heteroatoms. The molecule has 1 heterocycles. The van der Waals surface area contributed by atoms with Gasteiger partial charge >= 0.3 is 0 Å². The number of β-amino-alcohol motifs (C(OH)–C–C–N with tert-alkyl or cyclic N) is 1. The minimum absolute atomic E-state index is 0.298. The molecule has 3 rings (SSSR count). The Morgan fingerprint density at radius 1 is 1.04 bits per heavy atom. The minimum atomic E-state index is -0.298. The molecule has 4 nitrogen and oxygen atoms in total. The maximum Gasteiger partial charge on any atom is 0.0793 e. The fourth-order valence-corrected chi connectivity index (χ4v) is 3.53. The zero-order chi connectivity index (χ0) is 16.9. The molecule has 0 spiro atoms. The summed E-state index contributed by atoms with van der Waals surface area (Å²) in [5.41, 5.74) is 1.32. The van der Waals surface area contributed by atoms with Crippen molar-refractivity contribution in [1.29, 1.82) is 0 Å². The van der Waals surface area contributed by atoms with E-state index in [4.69, 9.17) is 0 Å². The van der Waals surface area contributed by atoms with Crippen molar-refractivity contribution in [1.82, 2.24) is 14.7 Å². The second kappa shape index (κ2) is 8.08. The van der Waals surface area contributed by atoms with Crippen molar-refractivity contribution >= 4 is 10.8 Å². The summed E-state index contributed by atoms with van der Waals surface area (Å²) in [4.78, 5) is 6.94. The second-order valence-corrected chi connectivity index (χ2v) is 7.09. The van der Waals surface area contributed by atoms with Crippen LogP contribution in [0.1, 0.15) is 5.56 Å². The number of aliphatic hydroxyl groups excluding tert-OH is 1. The zero-order valence-corrected chi connectivity index (χ0v) is 14.9. The third kappa shape index (κ3) is 4.54. The quantitative estimate of drug-likeness (QED) is 0.877. The first-order valence-corrected chi connectivity index (χ1v) is 8.86. The second-order valence-electron chi connectivity index (χ2n) is 7.09. The molecule has 0 saturated carbocycles. The van der Waals surface area contributed by atoms with E-state index in [0.717, 1.165) is 39.3 Å². The van der Waals surface area contributed by atoms with E-state index in [9.17, 15) is 5.11 Å². The summed E-state index contributed by atoms with van der Waals surface area (Å²) in [6, 6.07) is 15.0. The summed E-state index contributed by atoms with van der Waals surface area (Å²) < 4.78 is 0. The monoisotopic (exact) mass is 327 g/mol. The van der Waals surface area contributed by atoms with E-state index in [1.165, 1.54) is 16.3 Å². The van der Waals surface area contributed by atoms with Crippen LogP contribution in [0.5, 0.6) is 0 Å². The van der Waals surface area contributed by atoms with Gasteiger partial charge in [-0.3, -0.25) is 9.80 Å². The standard InChI is InChI=1S/C20H29N3O/c1-21-10-12-23(13-11-21)16-19(24)15-22(2)14-18-8-5-7-17-6-3-4-9-20(17)18/h3-9,19,24H,10-16H2,1-2H3. The number of nitrogens with zero attached hydrogens (tertiary/aromatic N) is 3. The van der Waals surface area contributed by atoms with Crippen molar-refractivity contribution in [3.63, 3.8) is 0 Å². The highest BCUT2D eigenvalue weighted by Crippen LogP contribution is 2.19. The van der Waals surface area contributed by atoms with E-state index in [1.54, 1.807) is 0 Å². The third-order valence-corrected chi connectivity index (χ3v) is 4.91. The van der Waals surface area contributed by atoms with Gasteiger partial charge in [-0.15, -0.1) is 0 Å². The van der Waals surface area contributed by atoms with Crippen molar-refractivity contribution in [3.05, 3.63) is 48.0 Å². The Labute approximate surface area is 145 Å². The van der Waals surface area contributed by atoms with Crippen LogP contribution in [0.15, 0.2) is 42.5 Å². The minimum Gasteiger partial charge on any atom is -0.390 e. The fourth-order valence-electron chi connectivity index (χ4n) is 3.53. The summed E-state index contributed by atoms with van der Waals surface area (Å²) in [7, 11) is 4.25. The van der Waals surface area contributed by atoms with Crippen LogP contribution >= 0.6 is 0 Å². The molecule has 0 radical (unpaired) electrons. The lowest BCUT2D eigenvalue weighted by Crippen LogP contribution is -2.48. The van der Waals surface area contributed by atoms with Crippen LogP contribution in [0.25, 0.3) is 10.8 Å². The first-order valence-electron chi connectivity index (χ1n) is 8.86. The van der Waals surface area contributed by atoms with E-state index < -0.39 is 0 Å². The summed E-state index contributed by atoms with van der Waals surface area (Å²) in [5.74, 6) is 0. The molecule has 1 aliphatic rings. The molecule has 0 amide bonds. The van der Waals surface area contributed by atoms with Gasteiger partial charge in [0.05, 0.1) is 6.10 Å². The number of piperazine rings is 1. The lowest BCUT2D eigenvalue weighted by atomic mass is 10.0. The number of aliphatic hydroxyl groups is 1. The van der Waals surface area contributed by atoms with E-state index >= 15 is 0 Å². The Morgan fingerprint density at radius 3 is 2.54 bits per heavy atom. The average Bonchev–Trinajstić information content (AvgIpc) is 2.57. The lowest BCUT2D eigenvalue weighted by Gasteiger charge is -2.34. The van der Waals surface area contributed by atoms with Gasteiger partial charge in [-0.1, -0.05) is 42.5 Å².